The zero-order valence-electron chi connectivity index (χ0n) is 20.8. The third kappa shape index (κ3) is 5.99. The Morgan fingerprint density at radius 1 is 0.973 bits per heavy atom. The summed E-state index contributed by atoms with van der Waals surface area (Å²) in [6.45, 7) is 2.47. The number of hydrogen-bond acceptors (Lipinski definition) is 6. The summed E-state index contributed by atoms with van der Waals surface area (Å²) in [6.07, 6.45) is 5.10. The van der Waals surface area contributed by atoms with Crippen molar-refractivity contribution in [2.75, 3.05) is 31.1 Å². The van der Waals surface area contributed by atoms with E-state index in [4.69, 9.17) is 10.1 Å². The Kier molecular flexibility index (Phi) is 7.50. The fourth-order valence-corrected chi connectivity index (χ4v) is 5.39. The lowest BCUT2D eigenvalue weighted by molar-refractivity contribution is 0.0942. The third-order valence-corrected chi connectivity index (χ3v) is 7.55. The Labute approximate surface area is 215 Å². The van der Waals surface area contributed by atoms with Crippen molar-refractivity contribution in [3.05, 3.63) is 54.2 Å². The molecule has 1 aromatic carbocycles. The van der Waals surface area contributed by atoms with Crippen LogP contribution in [0.4, 0.5) is 10.6 Å². The van der Waals surface area contributed by atoms with Gasteiger partial charge in [0.2, 0.25) is 0 Å². The molecule has 1 saturated heterocycles. The number of benzene rings is 1. The largest absolute Gasteiger partial charge is 0.465 e. The second kappa shape index (κ2) is 11.1. The number of carboxylic acid groups (broad SMARTS) is 1. The average molecular weight is 504 g/mol. The second-order valence-corrected chi connectivity index (χ2v) is 10.1. The molecule has 37 heavy (non-hydrogen) atoms. The maximum atomic E-state index is 13.3. The molecular weight excluding hydrogens is 470 g/mol. The SMILES string of the molecule is O=C(O)NC[C@H]1CC[C@H](CNC(=O)c2cc(-c3ccc(N4CC[C@@H](O)C4)nc3)nc3ccccc23)CC1. The van der Waals surface area contributed by atoms with Gasteiger partial charge in [-0.2, -0.15) is 0 Å². The number of amides is 2. The quantitative estimate of drug-likeness (QED) is 0.387. The van der Waals surface area contributed by atoms with Crippen LogP contribution in [0, 0.1) is 11.8 Å². The van der Waals surface area contributed by atoms with Gasteiger partial charge in [-0.1, -0.05) is 18.2 Å². The van der Waals surface area contributed by atoms with Gasteiger partial charge in [-0.15, -0.1) is 0 Å². The molecule has 3 heterocycles. The summed E-state index contributed by atoms with van der Waals surface area (Å²) in [7, 11) is 0. The number of β-amino-alcohol motifs (C(OH)–C–C–N with tert-alkyl or cyclic N) is 1. The van der Waals surface area contributed by atoms with Crippen molar-refractivity contribution in [1.29, 1.82) is 0 Å². The molecule has 2 fully saturated rings. The van der Waals surface area contributed by atoms with Crippen molar-refractivity contribution < 1.29 is 19.8 Å². The van der Waals surface area contributed by atoms with E-state index in [1.54, 1.807) is 6.20 Å². The van der Waals surface area contributed by atoms with Crippen molar-refractivity contribution >= 4 is 28.7 Å². The lowest BCUT2D eigenvalue weighted by Crippen LogP contribution is -2.34. The molecule has 0 unspecified atom stereocenters. The summed E-state index contributed by atoms with van der Waals surface area (Å²) in [6, 6.07) is 13.4. The van der Waals surface area contributed by atoms with Crippen LogP contribution in [0.3, 0.4) is 0 Å². The number of fused-ring (bicyclic) bond motifs is 1. The van der Waals surface area contributed by atoms with Crippen LogP contribution in [0.25, 0.3) is 22.2 Å². The summed E-state index contributed by atoms with van der Waals surface area (Å²) in [5, 5.41) is 25.0. The molecule has 1 aliphatic heterocycles. The van der Waals surface area contributed by atoms with Crippen LogP contribution < -0.4 is 15.5 Å². The van der Waals surface area contributed by atoms with Gasteiger partial charge >= 0.3 is 6.09 Å². The van der Waals surface area contributed by atoms with Crippen molar-refractivity contribution in [2.45, 2.75) is 38.2 Å². The fraction of sp³-hybridized carbons (Fsp3) is 0.429. The van der Waals surface area contributed by atoms with Crippen molar-refractivity contribution in [1.82, 2.24) is 20.6 Å². The van der Waals surface area contributed by atoms with E-state index in [-0.39, 0.29) is 12.0 Å². The molecule has 4 N–H and O–H groups in total. The number of nitrogens with zero attached hydrogens (tertiary/aromatic N) is 3. The van der Waals surface area contributed by atoms with Crippen LogP contribution in [-0.4, -0.2) is 64.5 Å². The predicted octanol–water partition coefficient (Wildman–Crippen LogP) is 3.67. The van der Waals surface area contributed by atoms with Gasteiger partial charge < -0.3 is 25.7 Å². The summed E-state index contributed by atoms with van der Waals surface area (Å²) < 4.78 is 0. The van der Waals surface area contributed by atoms with Crippen LogP contribution in [0.1, 0.15) is 42.5 Å². The number of aliphatic hydroxyl groups is 1. The highest BCUT2D eigenvalue weighted by Crippen LogP contribution is 2.29. The van der Waals surface area contributed by atoms with Crippen molar-refractivity contribution in [2.24, 2.45) is 11.8 Å². The highest BCUT2D eigenvalue weighted by atomic mass is 16.4. The summed E-state index contributed by atoms with van der Waals surface area (Å²) in [5.41, 5.74) is 2.86. The maximum absolute atomic E-state index is 13.3. The molecular formula is C28H33N5O4. The number of anilines is 1. The molecule has 3 aromatic rings. The van der Waals surface area contributed by atoms with Crippen LogP contribution in [0.2, 0.25) is 0 Å². The van der Waals surface area contributed by atoms with Gasteiger partial charge in [0.1, 0.15) is 5.82 Å². The highest BCUT2D eigenvalue weighted by molar-refractivity contribution is 6.07. The standard InChI is InChI=1S/C28H33N5O4/c34-21-11-12-33(17-21)26-10-9-20(16-29-26)25-13-23(22-3-1-2-4-24(22)32-25)27(35)30-14-18-5-7-19(8-6-18)15-31-28(36)37/h1-4,9-10,13,16,18-19,21,31,34H,5-8,11-12,14-15,17H2,(H,30,35)(H,36,37)/t18-,19-,21-/m1/s1. The summed E-state index contributed by atoms with van der Waals surface area (Å²) >= 11 is 0. The van der Waals surface area contributed by atoms with Gasteiger partial charge in [-0.25, -0.2) is 14.8 Å². The highest BCUT2D eigenvalue weighted by Gasteiger charge is 2.23. The number of aliphatic hydroxyl groups excluding tert-OH is 1. The maximum Gasteiger partial charge on any atom is 0.404 e. The Morgan fingerprint density at radius 2 is 1.70 bits per heavy atom. The Morgan fingerprint density at radius 3 is 2.35 bits per heavy atom. The lowest BCUT2D eigenvalue weighted by Gasteiger charge is -2.28. The molecule has 2 amide bonds. The van der Waals surface area contributed by atoms with Crippen molar-refractivity contribution in [3.8, 4) is 11.3 Å². The van der Waals surface area contributed by atoms with Crippen LogP contribution in [0.15, 0.2) is 48.7 Å². The van der Waals surface area contributed by atoms with Crippen LogP contribution >= 0.6 is 0 Å². The summed E-state index contributed by atoms with van der Waals surface area (Å²) in [5.74, 6) is 1.46. The fourth-order valence-electron chi connectivity index (χ4n) is 5.39. The van der Waals surface area contributed by atoms with Gasteiger partial charge in [0, 0.05) is 43.3 Å². The molecule has 1 atom stereocenters. The topological polar surface area (TPSA) is 128 Å². The zero-order valence-corrected chi connectivity index (χ0v) is 20.8. The Balaban J connectivity index is 1.28. The van der Waals surface area contributed by atoms with E-state index >= 15 is 0 Å². The van der Waals surface area contributed by atoms with E-state index in [1.807, 2.05) is 42.5 Å². The molecule has 1 aliphatic carbocycles. The lowest BCUT2D eigenvalue weighted by atomic mass is 9.82. The molecule has 9 nitrogen and oxygen atoms in total. The molecule has 0 radical (unpaired) electrons. The van der Waals surface area contributed by atoms with Gasteiger partial charge in [-0.05, 0) is 68.2 Å². The predicted molar refractivity (Wildman–Crippen MR) is 142 cm³/mol. The summed E-state index contributed by atoms with van der Waals surface area (Å²) in [4.78, 5) is 35.5. The van der Waals surface area contributed by atoms with Gasteiger partial charge in [0.05, 0.1) is 22.9 Å². The molecule has 1 saturated carbocycles. The van der Waals surface area contributed by atoms with Crippen LogP contribution in [0.5, 0.6) is 0 Å². The number of pyridine rings is 2. The van der Waals surface area contributed by atoms with Crippen LogP contribution in [-0.2, 0) is 0 Å². The normalized spacial score (nSPS) is 21.6. The number of carbonyl (C=O) groups is 2. The van der Waals surface area contributed by atoms with E-state index in [9.17, 15) is 14.7 Å². The second-order valence-electron chi connectivity index (χ2n) is 10.1. The molecule has 5 rings (SSSR count). The molecule has 2 aliphatic rings. The monoisotopic (exact) mass is 503 g/mol. The smallest absolute Gasteiger partial charge is 0.404 e. The number of nitrogens with one attached hydrogen (secondary N) is 2. The number of carbonyl (C=O) groups excluding carboxylic acids is 1. The minimum absolute atomic E-state index is 0.120. The molecule has 194 valence electrons. The average Bonchev–Trinajstić information content (AvgIpc) is 3.36. The van der Waals surface area contributed by atoms with E-state index in [2.05, 4.69) is 20.5 Å². The van der Waals surface area contributed by atoms with E-state index in [1.165, 1.54) is 0 Å². The van der Waals surface area contributed by atoms with E-state index in [0.717, 1.165) is 60.9 Å². The number of aromatic nitrogens is 2. The number of para-hydroxylation sites is 1. The Bertz CT molecular complexity index is 1260. The van der Waals surface area contributed by atoms with Gasteiger partial charge in [0.25, 0.3) is 5.91 Å². The molecule has 0 spiro atoms. The number of hydrogen-bond donors (Lipinski definition) is 4. The molecule has 0 bridgehead atoms. The Hall–Kier alpha value is -3.72. The first kappa shape index (κ1) is 25.0. The van der Waals surface area contributed by atoms with Gasteiger partial charge in [-0.3, -0.25) is 4.79 Å². The molecule has 9 heteroatoms. The first-order valence-electron chi connectivity index (χ1n) is 13.0. The van der Waals surface area contributed by atoms with Gasteiger partial charge in [0.15, 0.2) is 0 Å². The van der Waals surface area contributed by atoms with E-state index < -0.39 is 6.09 Å². The first-order valence-corrected chi connectivity index (χ1v) is 13.0. The molecule has 2 aromatic heterocycles. The zero-order chi connectivity index (χ0) is 25.8. The number of rotatable bonds is 7. The van der Waals surface area contributed by atoms with E-state index in [0.29, 0.717) is 42.7 Å². The first-order chi connectivity index (χ1) is 18.0. The third-order valence-electron chi connectivity index (χ3n) is 7.55. The minimum Gasteiger partial charge on any atom is -0.465 e. The minimum atomic E-state index is -0.975. The van der Waals surface area contributed by atoms with Crippen molar-refractivity contribution in [3.63, 3.8) is 0 Å².